The largest absolute Gasteiger partial charge is 0.459 e. The van der Waals surface area contributed by atoms with Gasteiger partial charge in [-0.15, -0.1) is 6.42 Å². The highest BCUT2D eigenvalue weighted by atomic mass is 16.7. The van der Waals surface area contributed by atoms with Crippen LogP contribution in [0.15, 0.2) is 78.6 Å². The molecule has 1 fully saturated rings. The van der Waals surface area contributed by atoms with E-state index in [9.17, 15) is 9.90 Å². The third-order valence-corrected chi connectivity index (χ3v) is 7.92. The Hall–Kier alpha value is -4.29. The number of allylic oxidation sites excluding steroid dienone is 1. The summed E-state index contributed by atoms with van der Waals surface area (Å²) in [4.78, 5) is 17.9. The van der Waals surface area contributed by atoms with E-state index in [1.54, 1.807) is 0 Å². The molecule has 8 heteroatoms. The minimum atomic E-state index is -0.587. The highest BCUT2D eigenvalue weighted by Gasteiger charge is 2.32. The fourth-order valence-electron chi connectivity index (χ4n) is 5.46. The molecule has 3 aliphatic rings. The van der Waals surface area contributed by atoms with Crippen LogP contribution in [0, 0.1) is 12.3 Å². The highest BCUT2D eigenvalue weighted by molar-refractivity contribution is 5.92. The fraction of sp³-hybridized carbons (Fsp3) is 0.324. The van der Waals surface area contributed by atoms with Gasteiger partial charge in [0.25, 0.3) is 5.91 Å². The van der Waals surface area contributed by atoms with Crippen molar-refractivity contribution >= 4 is 5.91 Å². The zero-order valence-electron chi connectivity index (χ0n) is 23.4. The lowest BCUT2D eigenvalue weighted by molar-refractivity contribution is -0.157. The maximum absolute atomic E-state index is 13.7. The van der Waals surface area contributed by atoms with Gasteiger partial charge in [0, 0.05) is 50.6 Å². The summed E-state index contributed by atoms with van der Waals surface area (Å²) in [5.41, 5.74) is 4.82. The van der Waals surface area contributed by atoms with Crippen LogP contribution in [0.1, 0.15) is 40.2 Å². The zero-order valence-corrected chi connectivity index (χ0v) is 23.4. The van der Waals surface area contributed by atoms with Gasteiger partial charge in [-0.25, -0.2) is 0 Å². The smallest absolute Gasteiger partial charge is 0.288 e. The molecular formula is C34H34N2O6. The first-order valence-electron chi connectivity index (χ1n) is 14.2. The predicted molar refractivity (Wildman–Crippen MR) is 156 cm³/mol. The molecule has 0 aromatic heterocycles. The molecule has 2 atom stereocenters. The van der Waals surface area contributed by atoms with Crippen molar-refractivity contribution < 1.29 is 28.8 Å². The molecule has 3 aromatic carbocycles. The third-order valence-electron chi connectivity index (χ3n) is 7.92. The van der Waals surface area contributed by atoms with Crippen molar-refractivity contribution in [1.82, 2.24) is 9.80 Å². The number of hydrogen-bond donors (Lipinski definition) is 1. The standard InChI is InChI=1S/C34H34N2O6/c1-2-24-7-10-28(11-8-24)29-18-32(42-33(19-29)39-22-26-5-3-25(21-37)4-6-26)34(38)36-15-13-35(14-16-36)20-27-9-12-30-31(17-27)41-23-40-30/h1,3-12,17-18,29,33,37H,13-16,19-23H2/t29-,33+/m0/s1. The molecular weight excluding hydrogens is 532 g/mol. The van der Waals surface area contributed by atoms with Crippen LogP contribution in [0.3, 0.4) is 0 Å². The van der Waals surface area contributed by atoms with E-state index in [1.165, 1.54) is 0 Å². The molecule has 6 rings (SSSR count). The van der Waals surface area contributed by atoms with Crippen molar-refractivity contribution in [2.45, 2.75) is 38.4 Å². The van der Waals surface area contributed by atoms with E-state index < -0.39 is 6.29 Å². The number of terminal acetylenes is 1. The molecule has 3 aromatic rings. The Balaban J connectivity index is 1.11. The Morgan fingerprint density at radius 2 is 1.64 bits per heavy atom. The molecule has 1 saturated heterocycles. The summed E-state index contributed by atoms with van der Waals surface area (Å²) in [6.45, 7) is 4.10. The van der Waals surface area contributed by atoms with E-state index >= 15 is 0 Å². The Morgan fingerprint density at radius 1 is 0.929 bits per heavy atom. The molecule has 0 unspecified atom stereocenters. The number of hydrogen-bond acceptors (Lipinski definition) is 7. The van der Waals surface area contributed by atoms with Crippen LogP contribution in [0.25, 0.3) is 0 Å². The molecule has 0 bridgehead atoms. The molecule has 216 valence electrons. The number of rotatable bonds is 8. The number of ether oxygens (including phenoxy) is 4. The number of fused-ring (bicyclic) bond motifs is 1. The van der Waals surface area contributed by atoms with Crippen LogP contribution < -0.4 is 9.47 Å². The molecule has 0 radical (unpaired) electrons. The van der Waals surface area contributed by atoms with Crippen molar-refractivity contribution in [1.29, 1.82) is 0 Å². The Morgan fingerprint density at radius 3 is 2.38 bits per heavy atom. The van der Waals surface area contributed by atoms with Gasteiger partial charge in [-0.1, -0.05) is 48.4 Å². The van der Waals surface area contributed by atoms with E-state index in [0.29, 0.717) is 31.9 Å². The summed E-state index contributed by atoms with van der Waals surface area (Å²) in [5.74, 6) is 4.36. The molecule has 1 amide bonds. The van der Waals surface area contributed by atoms with Crippen molar-refractivity contribution in [3.63, 3.8) is 0 Å². The quantitative estimate of drug-likeness (QED) is 0.410. The van der Waals surface area contributed by atoms with Gasteiger partial charge >= 0.3 is 0 Å². The number of piperazine rings is 1. The number of carbonyl (C=O) groups excluding carboxylic acids is 1. The molecule has 0 spiro atoms. The monoisotopic (exact) mass is 566 g/mol. The summed E-state index contributed by atoms with van der Waals surface area (Å²) in [6.07, 6.45) is 7.46. The van der Waals surface area contributed by atoms with E-state index in [0.717, 1.165) is 59.0 Å². The van der Waals surface area contributed by atoms with Crippen LogP contribution >= 0.6 is 0 Å². The Kier molecular flexibility index (Phi) is 8.42. The molecule has 0 saturated carbocycles. The van der Waals surface area contributed by atoms with Crippen LogP contribution in [0.5, 0.6) is 11.5 Å². The molecule has 42 heavy (non-hydrogen) atoms. The van der Waals surface area contributed by atoms with Gasteiger partial charge in [0.15, 0.2) is 17.3 Å². The summed E-state index contributed by atoms with van der Waals surface area (Å²) >= 11 is 0. The average molecular weight is 567 g/mol. The predicted octanol–water partition coefficient (Wildman–Crippen LogP) is 4.16. The molecule has 3 aliphatic heterocycles. The van der Waals surface area contributed by atoms with Crippen LogP contribution in [0.4, 0.5) is 0 Å². The highest BCUT2D eigenvalue weighted by Crippen LogP contribution is 2.34. The number of benzene rings is 3. The van der Waals surface area contributed by atoms with Gasteiger partial charge in [-0.05, 0) is 52.6 Å². The van der Waals surface area contributed by atoms with Gasteiger partial charge < -0.3 is 29.0 Å². The Labute approximate surface area is 246 Å². The van der Waals surface area contributed by atoms with E-state index in [2.05, 4.69) is 16.9 Å². The average Bonchev–Trinajstić information content (AvgIpc) is 3.52. The van der Waals surface area contributed by atoms with Gasteiger partial charge in [0.2, 0.25) is 13.1 Å². The van der Waals surface area contributed by atoms with Crippen LogP contribution in [0.2, 0.25) is 0 Å². The van der Waals surface area contributed by atoms with Crippen LogP contribution in [-0.2, 0) is 34.0 Å². The first-order chi connectivity index (χ1) is 20.6. The molecule has 0 aliphatic carbocycles. The second-order valence-corrected chi connectivity index (χ2v) is 10.7. The lowest BCUT2D eigenvalue weighted by Crippen LogP contribution is -2.49. The number of aliphatic hydroxyl groups excluding tert-OH is 1. The zero-order chi connectivity index (χ0) is 28.9. The minimum absolute atomic E-state index is 0.00401. The summed E-state index contributed by atoms with van der Waals surface area (Å²) in [6, 6.07) is 21.5. The molecule has 8 nitrogen and oxygen atoms in total. The summed E-state index contributed by atoms with van der Waals surface area (Å²) < 4.78 is 23.3. The van der Waals surface area contributed by atoms with E-state index in [4.69, 9.17) is 25.4 Å². The molecule has 3 heterocycles. The second kappa shape index (κ2) is 12.7. The fourth-order valence-corrected chi connectivity index (χ4v) is 5.46. The van der Waals surface area contributed by atoms with E-state index in [1.807, 2.05) is 71.6 Å². The van der Waals surface area contributed by atoms with Crippen LogP contribution in [-0.4, -0.2) is 60.1 Å². The van der Waals surface area contributed by atoms with E-state index in [-0.39, 0.29) is 25.2 Å². The maximum atomic E-state index is 13.7. The first-order valence-corrected chi connectivity index (χ1v) is 14.2. The van der Waals surface area contributed by atoms with Crippen molar-refractivity contribution in [3.05, 3.63) is 106 Å². The summed E-state index contributed by atoms with van der Waals surface area (Å²) in [5, 5.41) is 9.32. The topological polar surface area (TPSA) is 80.7 Å². The normalized spacial score (nSPS) is 20.0. The lowest BCUT2D eigenvalue weighted by atomic mass is 9.92. The van der Waals surface area contributed by atoms with Crippen molar-refractivity contribution in [3.8, 4) is 23.8 Å². The minimum Gasteiger partial charge on any atom is -0.459 e. The van der Waals surface area contributed by atoms with Crippen molar-refractivity contribution in [2.24, 2.45) is 0 Å². The maximum Gasteiger partial charge on any atom is 0.288 e. The number of carbonyl (C=O) groups is 1. The molecule has 1 N–H and O–H groups in total. The SMILES string of the molecule is C#Cc1ccc([C@H]2C=C(C(=O)N3CCN(Cc4ccc5c(c4)OCO5)CC3)O[C@@H](OCc3ccc(CO)cc3)C2)cc1. The summed E-state index contributed by atoms with van der Waals surface area (Å²) in [7, 11) is 0. The number of nitrogens with zero attached hydrogens (tertiary/aromatic N) is 2. The van der Waals surface area contributed by atoms with Gasteiger partial charge in [0.1, 0.15) is 0 Å². The first kappa shape index (κ1) is 27.9. The number of amides is 1. The Bertz CT molecular complexity index is 1470. The van der Waals surface area contributed by atoms with Crippen molar-refractivity contribution in [2.75, 3.05) is 33.0 Å². The second-order valence-electron chi connectivity index (χ2n) is 10.7. The lowest BCUT2D eigenvalue weighted by Gasteiger charge is -2.36. The van der Waals surface area contributed by atoms with Gasteiger partial charge in [0.05, 0.1) is 13.2 Å². The number of aliphatic hydroxyl groups is 1. The van der Waals surface area contributed by atoms with Gasteiger partial charge in [-0.2, -0.15) is 0 Å². The van der Waals surface area contributed by atoms with Gasteiger partial charge in [-0.3, -0.25) is 9.69 Å². The third kappa shape index (κ3) is 6.44.